The molecule has 0 spiro atoms. The van der Waals surface area contributed by atoms with Crippen molar-refractivity contribution in [3.05, 3.63) is 81.6 Å². The number of hydrogen-bond acceptors (Lipinski definition) is 7. The van der Waals surface area contributed by atoms with E-state index in [1.165, 1.54) is 6.20 Å². The van der Waals surface area contributed by atoms with Gasteiger partial charge in [0, 0.05) is 24.8 Å². The predicted octanol–water partition coefficient (Wildman–Crippen LogP) is 5.53. The van der Waals surface area contributed by atoms with Crippen LogP contribution >= 0.6 is 11.6 Å². The molecule has 1 aromatic carbocycles. The molecule has 0 radical (unpaired) electrons. The van der Waals surface area contributed by atoms with Gasteiger partial charge in [-0.1, -0.05) is 23.7 Å². The number of fused-ring (bicyclic) bond motifs is 1. The molecule has 4 aromatic rings. The molecule has 242 valence electrons. The van der Waals surface area contributed by atoms with Crippen molar-refractivity contribution in [3.8, 4) is 11.6 Å². The number of likely N-dealkylation sites (tertiary alicyclic amines) is 1. The summed E-state index contributed by atoms with van der Waals surface area (Å²) >= 11 is 6.06. The van der Waals surface area contributed by atoms with Crippen LogP contribution in [0.4, 0.5) is 4.79 Å². The Morgan fingerprint density at radius 3 is 2.39 bits per heavy atom. The average molecular weight is 647 g/mol. The van der Waals surface area contributed by atoms with E-state index in [-0.39, 0.29) is 29.8 Å². The van der Waals surface area contributed by atoms with Crippen LogP contribution in [0.5, 0.6) is 5.88 Å². The lowest BCUT2D eigenvalue weighted by Gasteiger charge is -2.39. The first kappa shape index (κ1) is 31.6. The van der Waals surface area contributed by atoms with E-state index in [2.05, 4.69) is 15.3 Å². The fourth-order valence-electron chi connectivity index (χ4n) is 6.12. The fourth-order valence-corrected chi connectivity index (χ4v) is 6.27. The lowest BCUT2D eigenvalue weighted by atomic mass is 9.85. The molecule has 0 unspecified atom stereocenters. The van der Waals surface area contributed by atoms with Crippen molar-refractivity contribution in [2.24, 2.45) is 5.92 Å². The molecule has 1 saturated heterocycles. The highest BCUT2D eigenvalue weighted by Gasteiger charge is 2.35. The molecule has 12 heteroatoms. The molecular formula is C34H39ClN6O5. The third-order valence-electron chi connectivity index (χ3n) is 8.52. The zero-order valence-electron chi connectivity index (χ0n) is 26.5. The van der Waals surface area contributed by atoms with Crippen molar-refractivity contribution in [2.45, 2.75) is 77.7 Å². The van der Waals surface area contributed by atoms with E-state index in [9.17, 15) is 14.4 Å². The normalized spacial score (nSPS) is 18.7. The van der Waals surface area contributed by atoms with Crippen LogP contribution in [0.2, 0.25) is 5.02 Å². The van der Waals surface area contributed by atoms with Crippen LogP contribution in [0.1, 0.15) is 62.5 Å². The third kappa shape index (κ3) is 6.89. The van der Waals surface area contributed by atoms with Gasteiger partial charge in [0.05, 0.1) is 52.3 Å². The molecule has 1 aliphatic carbocycles. The van der Waals surface area contributed by atoms with Gasteiger partial charge in [0.1, 0.15) is 11.7 Å². The molecule has 2 amide bonds. The summed E-state index contributed by atoms with van der Waals surface area (Å²) in [6, 6.07) is 13.1. The highest BCUT2D eigenvalue weighted by Crippen LogP contribution is 2.28. The molecule has 1 saturated carbocycles. The maximum absolute atomic E-state index is 13.8. The van der Waals surface area contributed by atoms with E-state index in [0.29, 0.717) is 53.4 Å². The quantitative estimate of drug-likeness (QED) is 0.280. The van der Waals surface area contributed by atoms with E-state index in [1.54, 1.807) is 34.7 Å². The zero-order chi connectivity index (χ0) is 32.6. The van der Waals surface area contributed by atoms with Gasteiger partial charge in [-0.3, -0.25) is 18.9 Å². The van der Waals surface area contributed by atoms with Crippen LogP contribution in [0.15, 0.2) is 59.7 Å². The number of halogens is 1. The first-order chi connectivity index (χ1) is 21.9. The second kappa shape index (κ2) is 12.8. The maximum Gasteiger partial charge on any atom is 0.410 e. The minimum absolute atomic E-state index is 0.0623. The molecule has 4 heterocycles. The van der Waals surface area contributed by atoms with Gasteiger partial charge in [-0.05, 0) is 83.6 Å². The number of hydrogen-bond donors (Lipinski definition) is 1. The molecule has 2 aliphatic rings. The number of imidazole rings is 1. The number of benzene rings is 1. The monoisotopic (exact) mass is 646 g/mol. The molecule has 3 aromatic heterocycles. The molecule has 1 aliphatic heterocycles. The number of aryl methyl sites for hydroxylation is 1. The highest BCUT2D eigenvalue weighted by atomic mass is 35.5. The number of rotatable bonds is 7. The Morgan fingerprint density at radius 2 is 1.72 bits per heavy atom. The van der Waals surface area contributed by atoms with Gasteiger partial charge in [-0.15, -0.1) is 0 Å². The average Bonchev–Trinajstić information content (AvgIpc) is 3.27. The fraction of sp³-hybridized carbons (Fsp3) is 0.441. The number of carbonyl (C=O) groups excluding carboxylic acids is 2. The van der Waals surface area contributed by atoms with Crippen LogP contribution < -0.4 is 15.7 Å². The lowest BCUT2D eigenvalue weighted by Crippen LogP contribution is -2.57. The number of amides is 2. The smallest absolute Gasteiger partial charge is 0.410 e. The second-order valence-electron chi connectivity index (χ2n) is 13.2. The minimum atomic E-state index is -0.545. The van der Waals surface area contributed by atoms with E-state index in [0.717, 1.165) is 36.7 Å². The number of nitrogens with zero attached hydrogens (tertiary/aromatic N) is 5. The van der Waals surface area contributed by atoms with Crippen LogP contribution in [-0.2, 0) is 11.3 Å². The van der Waals surface area contributed by atoms with Crippen molar-refractivity contribution in [1.29, 1.82) is 0 Å². The van der Waals surface area contributed by atoms with Gasteiger partial charge in [-0.25, -0.2) is 14.6 Å². The largest absolute Gasteiger partial charge is 0.471 e. The summed E-state index contributed by atoms with van der Waals surface area (Å²) in [5.74, 6) is 0.576. The Hall–Kier alpha value is -4.38. The first-order valence-electron chi connectivity index (χ1n) is 15.7. The zero-order valence-corrected chi connectivity index (χ0v) is 27.3. The van der Waals surface area contributed by atoms with E-state index >= 15 is 0 Å². The van der Waals surface area contributed by atoms with Crippen LogP contribution in [0.3, 0.4) is 0 Å². The maximum atomic E-state index is 13.8. The minimum Gasteiger partial charge on any atom is -0.471 e. The molecule has 0 bridgehead atoms. The predicted molar refractivity (Wildman–Crippen MR) is 175 cm³/mol. The summed E-state index contributed by atoms with van der Waals surface area (Å²) in [5, 5.41) is 3.58. The number of nitrogens with one attached hydrogen (secondary N) is 1. The van der Waals surface area contributed by atoms with E-state index in [4.69, 9.17) is 21.1 Å². The number of carbonyl (C=O) groups is 2. The molecule has 6 rings (SSSR count). The molecule has 1 N–H and O–H groups in total. The van der Waals surface area contributed by atoms with E-state index < -0.39 is 5.60 Å². The summed E-state index contributed by atoms with van der Waals surface area (Å²) in [4.78, 5) is 49.2. The second-order valence-corrected chi connectivity index (χ2v) is 13.6. The van der Waals surface area contributed by atoms with Gasteiger partial charge in [0.15, 0.2) is 0 Å². The Balaban J connectivity index is 1.09. The Labute approximate surface area is 272 Å². The van der Waals surface area contributed by atoms with Gasteiger partial charge in [0.2, 0.25) is 5.88 Å². The Bertz CT molecular complexity index is 1800. The van der Waals surface area contributed by atoms with Gasteiger partial charge in [-0.2, -0.15) is 0 Å². The van der Waals surface area contributed by atoms with Gasteiger partial charge >= 0.3 is 11.8 Å². The van der Waals surface area contributed by atoms with Crippen molar-refractivity contribution < 1.29 is 19.1 Å². The number of ether oxygens (including phenoxy) is 2. The Morgan fingerprint density at radius 1 is 1.00 bits per heavy atom. The topological polar surface area (TPSA) is 121 Å². The highest BCUT2D eigenvalue weighted by molar-refractivity contribution is 6.30. The van der Waals surface area contributed by atoms with Crippen LogP contribution in [0, 0.1) is 12.8 Å². The standard InChI is InChI=1S/C34H39ClN6O5/c1-21-27(15-23(35)16-36-21)31(42)38-24-11-9-22(10-12-24)18-40-28-7-5-6-8-29(28)41(32(40)43)25-13-14-30(37-17-25)45-26-19-39(20-26)33(44)46-34(2,3)4/h5-8,13-17,22,24,26H,9-12,18-20H2,1-4H3,(H,38,42)/t22-,24-. The van der Waals surface area contributed by atoms with Crippen LogP contribution in [-0.4, -0.2) is 66.8 Å². The lowest BCUT2D eigenvalue weighted by molar-refractivity contribution is -0.0232. The van der Waals surface area contributed by atoms with Crippen molar-refractivity contribution >= 4 is 34.6 Å². The number of pyridine rings is 2. The SMILES string of the molecule is Cc1ncc(Cl)cc1C(=O)N[C@H]1CC[C@H](Cn2c(=O)n(-c3ccc(OC4CN(C(=O)OC(C)(C)C)C4)nc3)c3ccccc32)CC1. The third-order valence-corrected chi connectivity index (χ3v) is 8.73. The number of aromatic nitrogens is 4. The summed E-state index contributed by atoms with van der Waals surface area (Å²) < 4.78 is 14.9. The van der Waals surface area contributed by atoms with Crippen LogP contribution in [0.25, 0.3) is 16.7 Å². The summed E-state index contributed by atoms with van der Waals surface area (Å²) in [6.07, 6.45) is 6.11. The number of para-hydroxylation sites is 2. The summed E-state index contributed by atoms with van der Waals surface area (Å²) in [7, 11) is 0. The molecule has 0 atom stereocenters. The van der Waals surface area contributed by atoms with Gasteiger partial charge in [0.25, 0.3) is 5.91 Å². The van der Waals surface area contributed by atoms with Crippen molar-refractivity contribution in [3.63, 3.8) is 0 Å². The van der Waals surface area contributed by atoms with E-state index in [1.807, 2.05) is 55.7 Å². The van der Waals surface area contributed by atoms with Crippen molar-refractivity contribution in [1.82, 2.24) is 29.3 Å². The molecule has 11 nitrogen and oxygen atoms in total. The molecular weight excluding hydrogens is 608 g/mol. The summed E-state index contributed by atoms with van der Waals surface area (Å²) in [5.41, 5.74) is 2.79. The van der Waals surface area contributed by atoms with Gasteiger partial charge < -0.3 is 19.7 Å². The summed E-state index contributed by atoms with van der Waals surface area (Å²) in [6.45, 7) is 8.76. The van der Waals surface area contributed by atoms with Crippen molar-refractivity contribution in [2.75, 3.05) is 13.1 Å². The molecule has 46 heavy (non-hydrogen) atoms. The Kier molecular flexibility index (Phi) is 8.78. The first-order valence-corrected chi connectivity index (χ1v) is 16.1. The molecule has 2 fully saturated rings.